The molecule has 2 rings (SSSR count). The van der Waals surface area contributed by atoms with E-state index in [9.17, 15) is 13.2 Å². The summed E-state index contributed by atoms with van der Waals surface area (Å²) in [5.41, 5.74) is 2.02. The summed E-state index contributed by atoms with van der Waals surface area (Å²) in [4.78, 5) is 12.7. The van der Waals surface area contributed by atoms with E-state index in [-0.39, 0.29) is 11.6 Å². The van der Waals surface area contributed by atoms with Gasteiger partial charge in [0.15, 0.2) is 0 Å². The van der Waals surface area contributed by atoms with Crippen LogP contribution < -0.4 is 19.5 Å². The van der Waals surface area contributed by atoms with Crippen LogP contribution in [0.5, 0.6) is 11.5 Å². The van der Waals surface area contributed by atoms with Gasteiger partial charge in [-0.2, -0.15) is 0 Å². The van der Waals surface area contributed by atoms with E-state index < -0.39 is 10.0 Å². The van der Waals surface area contributed by atoms with Crippen molar-refractivity contribution in [1.29, 1.82) is 0 Å². The molecule has 2 aromatic rings. The van der Waals surface area contributed by atoms with Crippen molar-refractivity contribution in [2.24, 2.45) is 0 Å². The van der Waals surface area contributed by atoms with E-state index in [4.69, 9.17) is 9.47 Å². The Bertz CT molecular complexity index is 926. The highest BCUT2D eigenvalue weighted by Gasteiger charge is 2.18. The molecule has 1 amide bonds. The first kappa shape index (κ1) is 20.6. The first-order valence-electron chi connectivity index (χ1n) is 8.53. The van der Waals surface area contributed by atoms with Crippen LogP contribution in [0.2, 0.25) is 0 Å². The molecule has 0 aliphatic carbocycles. The molecule has 0 bridgehead atoms. The SMILES string of the molecule is CCOc1cc(NS(C)(=O)=O)c(OCC)cc1NC(=O)c1ccccc1C. The molecule has 0 aliphatic heterocycles. The molecule has 0 atom stereocenters. The Hall–Kier alpha value is -2.74. The maximum absolute atomic E-state index is 12.7. The number of carbonyl (C=O) groups excluding carboxylic acids is 1. The van der Waals surface area contributed by atoms with E-state index >= 15 is 0 Å². The van der Waals surface area contributed by atoms with Crippen molar-refractivity contribution in [3.8, 4) is 11.5 Å². The minimum Gasteiger partial charge on any atom is -0.492 e. The average molecular weight is 392 g/mol. The first-order valence-corrected chi connectivity index (χ1v) is 10.4. The van der Waals surface area contributed by atoms with Crippen molar-refractivity contribution in [3.63, 3.8) is 0 Å². The molecule has 2 aromatic carbocycles. The van der Waals surface area contributed by atoms with E-state index in [1.165, 1.54) is 6.07 Å². The molecule has 2 N–H and O–H groups in total. The molecule has 0 aromatic heterocycles. The standard InChI is InChI=1S/C19H24N2O5S/c1-5-25-17-12-16(21-27(4,23)24)18(26-6-2)11-15(17)20-19(22)14-10-8-7-9-13(14)3/h7-12,21H,5-6H2,1-4H3,(H,20,22). The largest absolute Gasteiger partial charge is 0.492 e. The van der Waals surface area contributed by atoms with Crippen LogP contribution in [0.4, 0.5) is 11.4 Å². The van der Waals surface area contributed by atoms with E-state index in [0.717, 1.165) is 11.8 Å². The molecule has 0 saturated heterocycles. The Morgan fingerprint density at radius 2 is 1.56 bits per heavy atom. The number of benzene rings is 2. The summed E-state index contributed by atoms with van der Waals surface area (Å²) in [6, 6.07) is 10.3. The number of amides is 1. The predicted molar refractivity (Wildman–Crippen MR) is 106 cm³/mol. The second-order valence-electron chi connectivity index (χ2n) is 5.85. The van der Waals surface area contributed by atoms with Crippen molar-refractivity contribution in [3.05, 3.63) is 47.5 Å². The molecule has 0 heterocycles. The van der Waals surface area contributed by atoms with E-state index in [1.807, 2.05) is 19.1 Å². The Morgan fingerprint density at radius 3 is 2.11 bits per heavy atom. The molecule has 0 unspecified atom stereocenters. The van der Waals surface area contributed by atoms with Crippen LogP contribution in [-0.4, -0.2) is 33.8 Å². The molecule has 0 aliphatic rings. The topological polar surface area (TPSA) is 93.7 Å². The molecule has 27 heavy (non-hydrogen) atoms. The van der Waals surface area contributed by atoms with Crippen LogP contribution in [0.15, 0.2) is 36.4 Å². The zero-order chi connectivity index (χ0) is 20.0. The molecule has 8 heteroatoms. The molecular weight excluding hydrogens is 368 g/mol. The number of aryl methyl sites for hydroxylation is 1. The zero-order valence-corrected chi connectivity index (χ0v) is 16.6. The van der Waals surface area contributed by atoms with Gasteiger partial charge in [-0.3, -0.25) is 9.52 Å². The fourth-order valence-corrected chi connectivity index (χ4v) is 3.06. The number of carbonyl (C=O) groups is 1. The van der Waals surface area contributed by atoms with Crippen molar-refractivity contribution in [1.82, 2.24) is 0 Å². The summed E-state index contributed by atoms with van der Waals surface area (Å²) >= 11 is 0. The summed E-state index contributed by atoms with van der Waals surface area (Å²) in [6.07, 6.45) is 1.05. The van der Waals surface area contributed by atoms with E-state index in [0.29, 0.717) is 36.0 Å². The number of nitrogens with one attached hydrogen (secondary N) is 2. The van der Waals surface area contributed by atoms with E-state index in [2.05, 4.69) is 10.0 Å². The van der Waals surface area contributed by atoms with Gasteiger partial charge < -0.3 is 14.8 Å². The van der Waals surface area contributed by atoms with Crippen molar-refractivity contribution < 1.29 is 22.7 Å². The minimum absolute atomic E-state index is 0.247. The van der Waals surface area contributed by atoms with Gasteiger partial charge in [-0.25, -0.2) is 8.42 Å². The van der Waals surface area contributed by atoms with Crippen LogP contribution in [-0.2, 0) is 10.0 Å². The molecule has 0 spiro atoms. The van der Waals surface area contributed by atoms with Gasteiger partial charge in [0.2, 0.25) is 10.0 Å². The lowest BCUT2D eigenvalue weighted by Crippen LogP contribution is -2.16. The van der Waals surface area contributed by atoms with Gasteiger partial charge in [0, 0.05) is 17.7 Å². The number of sulfonamides is 1. The van der Waals surface area contributed by atoms with Crippen LogP contribution >= 0.6 is 0 Å². The lowest BCUT2D eigenvalue weighted by atomic mass is 10.1. The second-order valence-corrected chi connectivity index (χ2v) is 7.60. The fourth-order valence-electron chi connectivity index (χ4n) is 2.50. The van der Waals surface area contributed by atoms with Gasteiger partial charge in [-0.05, 0) is 32.4 Å². The first-order chi connectivity index (χ1) is 12.7. The summed E-state index contributed by atoms with van der Waals surface area (Å²) in [6.45, 7) is 6.11. The smallest absolute Gasteiger partial charge is 0.256 e. The number of anilines is 2. The summed E-state index contributed by atoms with van der Waals surface area (Å²) in [5, 5.41) is 2.82. The Morgan fingerprint density at radius 1 is 1.00 bits per heavy atom. The molecule has 7 nitrogen and oxygen atoms in total. The summed E-state index contributed by atoms with van der Waals surface area (Å²) in [5.74, 6) is 0.348. The zero-order valence-electron chi connectivity index (χ0n) is 15.8. The number of hydrogen-bond acceptors (Lipinski definition) is 5. The van der Waals surface area contributed by atoms with Crippen LogP contribution in [0.1, 0.15) is 29.8 Å². The number of rotatable bonds is 8. The quantitative estimate of drug-likeness (QED) is 0.718. The van der Waals surface area contributed by atoms with Crippen LogP contribution in [0.25, 0.3) is 0 Å². The van der Waals surface area contributed by atoms with E-state index in [1.54, 1.807) is 32.0 Å². The summed E-state index contributed by atoms with van der Waals surface area (Å²) in [7, 11) is -3.51. The Labute approximate surface area is 159 Å². The Balaban J connectivity index is 2.46. The highest BCUT2D eigenvalue weighted by molar-refractivity contribution is 7.92. The second kappa shape index (κ2) is 8.77. The van der Waals surface area contributed by atoms with Crippen LogP contribution in [0, 0.1) is 6.92 Å². The molecule has 0 saturated carbocycles. The average Bonchev–Trinajstić information content (AvgIpc) is 2.58. The van der Waals surface area contributed by atoms with Crippen molar-refractivity contribution in [2.75, 3.05) is 29.5 Å². The van der Waals surface area contributed by atoms with Crippen molar-refractivity contribution in [2.45, 2.75) is 20.8 Å². The third-order valence-electron chi connectivity index (χ3n) is 3.61. The maximum Gasteiger partial charge on any atom is 0.256 e. The molecule has 0 fully saturated rings. The third kappa shape index (κ3) is 5.62. The third-order valence-corrected chi connectivity index (χ3v) is 4.21. The van der Waals surface area contributed by atoms with Gasteiger partial charge in [0.05, 0.1) is 30.8 Å². The molecule has 0 radical (unpaired) electrons. The number of ether oxygens (including phenoxy) is 2. The van der Waals surface area contributed by atoms with Gasteiger partial charge >= 0.3 is 0 Å². The number of hydrogen-bond donors (Lipinski definition) is 2. The highest BCUT2D eigenvalue weighted by Crippen LogP contribution is 2.37. The minimum atomic E-state index is -3.51. The van der Waals surface area contributed by atoms with Gasteiger partial charge in [-0.15, -0.1) is 0 Å². The van der Waals surface area contributed by atoms with Gasteiger partial charge in [0.1, 0.15) is 11.5 Å². The summed E-state index contributed by atoms with van der Waals surface area (Å²) < 4.78 is 36.8. The van der Waals surface area contributed by atoms with Gasteiger partial charge in [-0.1, -0.05) is 18.2 Å². The van der Waals surface area contributed by atoms with Crippen LogP contribution in [0.3, 0.4) is 0 Å². The predicted octanol–water partition coefficient (Wildman–Crippen LogP) is 3.42. The lowest BCUT2D eigenvalue weighted by Gasteiger charge is -2.18. The van der Waals surface area contributed by atoms with Gasteiger partial charge in [0.25, 0.3) is 5.91 Å². The van der Waals surface area contributed by atoms with Crippen molar-refractivity contribution >= 4 is 27.3 Å². The normalized spacial score (nSPS) is 11.0. The molecule has 146 valence electrons. The highest BCUT2D eigenvalue weighted by atomic mass is 32.2. The molecular formula is C19H24N2O5S. The fraction of sp³-hybridized carbons (Fsp3) is 0.316. The monoisotopic (exact) mass is 392 g/mol. The lowest BCUT2D eigenvalue weighted by molar-refractivity contribution is 0.102. The Kier molecular flexibility index (Phi) is 6.68. The maximum atomic E-state index is 12.7.